The summed E-state index contributed by atoms with van der Waals surface area (Å²) >= 11 is 0. The van der Waals surface area contributed by atoms with Crippen molar-refractivity contribution in [1.82, 2.24) is 0 Å². The van der Waals surface area contributed by atoms with Gasteiger partial charge in [-0.1, -0.05) is 86.3 Å². The number of hydrogen-bond donors (Lipinski definition) is 0. The van der Waals surface area contributed by atoms with Crippen molar-refractivity contribution < 1.29 is 4.74 Å². The normalized spacial score (nSPS) is 20.5. The minimum absolute atomic E-state index is 0.0932. The molecule has 2 aromatic rings. The van der Waals surface area contributed by atoms with Gasteiger partial charge < -0.3 is 4.74 Å². The second-order valence-electron chi connectivity index (χ2n) is 8.17. The summed E-state index contributed by atoms with van der Waals surface area (Å²) in [5.74, 6) is 1.05. The van der Waals surface area contributed by atoms with Crippen LogP contribution in [0.15, 0.2) is 71.8 Å². The summed E-state index contributed by atoms with van der Waals surface area (Å²) in [6.07, 6.45) is 4.33. The van der Waals surface area contributed by atoms with Gasteiger partial charge in [-0.15, -0.1) is 0 Å². The van der Waals surface area contributed by atoms with Gasteiger partial charge in [0.05, 0.1) is 8.07 Å². The van der Waals surface area contributed by atoms with Gasteiger partial charge in [-0.3, -0.25) is 0 Å². The van der Waals surface area contributed by atoms with Gasteiger partial charge in [-0.05, 0) is 36.9 Å². The molecule has 0 bridgehead atoms. The van der Waals surface area contributed by atoms with Crippen LogP contribution in [0.5, 0.6) is 5.75 Å². The van der Waals surface area contributed by atoms with Crippen LogP contribution in [0.3, 0.4) is 0 Å². The van der Waals surface area contributed by atoms with Crippen LogP contribution in [0, 0.1) is 0 Å². The first-order chi connectivity index (χ1) is 12.2. The number of allylic oxidation sites excluding steroid dienone is 4. The number of ether oxygens (including phenoxy) is 1. The average Bonchev–Trinajstić information content (AvgIpc) is 2.83. The van der Waals surface area contributed by atoms with Crippen LogP contribution in [-0.4, -0.2) is 14.7 Å². The molecule has 0 radical (unpaired) electrons. The summed E-state index contributed by atoms with van der Waals surface area (Å²) in [4.78, 5) is 0. The van der Waals surface area contributed by atoms with E-state index in [2.05, 4.69) is 89.8 Å². The number of fused-ring (bicyclic) bond motifs is 1. The van der Waals surface area contributed by atoms with Gasteiger partial charge in [0.25, 0.3) is 0 Å². The summed E-state index contributed by atoms with van der Waals surface area (Å²) < 4.78 is 6.26. The molecule has 0 aromatic heterocycles. The third-order valence-electron chi connectivity index (χ3n) is 6.64. The summed E-state index contributed by atoms with van der Waals surface area (Å²) in [6.45, 7) is 18.5. The molecule has 1 atom stereocenters. The van der Waals surface area contributed by atoms with Crippen LogP contribution < -0.4 is 9.92 Å². The van der Waals surface area contributed by atoms with Crippen molar-refractivity contribution in [1.29, 1.82) is 0 Å². The van der Waals surface area contributed by atoms with Crippen LogP contribution in [0.1, 0.15) is 27.7 Å². The molecule has 0 N–H and O–H groups in total. The Bertz CT molecular complexity index is 932. The molecule has 136 valence electrons. The third kappa shape index (κ3) is 2.68. The molecule has 0 aliphatic heterocycles. The average molecular weight is 363 g/mol. The molecule has 3 rings (SSSR count). The Kier molecular flexibility index (Phi) is 4.74. The monoisotopic (exact) mass is 362 g/mol. The van der Waals surface area contributed by atoms with Crippen molar-refractivity contribution >= 4 is 24.0 Å². The van der Waals surface area contributed by atoms with Crippen molar-refractivity contribution in [3.63, 3.8) is 0 Å². The Morgan fingerprint density at radius 3 is 2.38 bits per heavy atom. The zero-order valence-corrected chi connectivity index (χ0v) is 17.9. The summed E-state index contributed by atoms with van der Waals surface area (Å²) in [5, 5.41) is 3.91. The van der Waals surface area contributed by atoms with Crippen molar-refractivity contribution in [2.75, 3.05) is 6.61 Å². The zero-order chi connectivity index (χ0) is 19.1. The molecule has 1 aliphatic carbocycles. The summed E-state index contributed by atoms with van der Waals surface area (Å²) in [7, 11) is -1.92. The Labute approximate surface area is 159 Å². The van der Waals surface area contributed by atoms with Crippen LogP contribution in [0.2, 0.25) is 18.1 Å². The molecule has 0 heterocycles. The molecular weight excluding hydrogens is 332 g/mol. The molecule has 2 aromatic carbocycles. The van der Waals surface area contributed by atoms with Crippen LogP contribution >= 0.6 is 0 Å². The minimum atomic E-state index is -1.92. The Morgan fingerprint density at radius 2 is 1.77 bits per heavy atom. The zero-order valence-electron chi connectivity index (χ0n) is 16.9. The standard InChI is InChI=1S/C24H30OSi/c1-8-15-25-23-21-12-10-9-11-20(21)13-14-22(23)26(6,7)24(5)16-17(2)18(3)19(24)4/h8-14,16H,1,15H2,2-7H3. The van der Waals surface area contributed by atoms with E-state index in [-0.39, 0.29) is 5.04 Å². The van der Waals surface area contributed by atoms with E-state index in [1.54, 1.807) is 0 Å². The smallest absolute Gasteiger partial charge is 0.126 e. The van der Waals surface area contributed by atoms with Crippen molar-refractivity contribution in [2.45, 2.75) is 45.8 Å². The molecule has 1 nitrogen and oxygen atoms in total. The molecule has 26 heavy (non-hydrogen) atoms. The molecule has 1 unspecified atom stereocenters. The highest BCUT2D eigenvalue weighted by atomic mass is 28.3. The van der Waals surface area contributed by atoms with Crippen LogP contribution in [-0.2, 0) is 0 Å². The maximum Gasteiger partial charge on any atom is 0.126 e. The Morgan fingerprint density at radius 1 is 1.08 bits per heavy atom. The van der Waals surface area contributed by atoms with Gasteiger partial charge in [-0.25, -0.2) is 0 Å². The van der Waals surface area contributed by atoms with Gasteiger partial charge in [-0.2, -0.15) is 0 Å². The minimum Gasteiger partial charge on any atom is -0.489 e. The molecule has 0 saturated heterocycles. The molecule has 2 heteroatoms. The molecule has 0 fully saturated rings. The van der Waals surface area contributed by atoms with Gasteiger partial charge >= 0.3 is 0 Å². The molecule has 1 aliphatic rings. The molecule has 0 saturated carbocycles. The van der Waals surface area contributed by atoms with Crippen LogP contribution in [0.25, 0.3) is 10.8 Å². The lowest BCUT2D eigenvalue weighted by atomic mass is 10.0. The second-order valence-corrected chi connectivity index (χ2v) is 13.0. The Hall–Kier alpha value is -2.06. The van der Waals surface area contributed by atoms with E-state index >= 15 is 0 Å². The largest absolute Gasteiger partial charge is 0.489 e. The fourth-order valence-corrected chi connectivity index (χ4v) is 7.83. The lowest BCUT2D eigenvalue weighted by molar-refractivity contribution is 0.370. The van der Waals surface area contributed by atoms with Gasteiger partial charge in [0, 0.05) is 10.4 Å². The fourth-order valence-electron chi connectivity index (χ4n) is 4.30. The van der Waals surface area contributed by atoms with E-state index in [1.165, 1.54) is 32.7 Å². The van der Waals surface area contributed by atoms with E-state index in [9.17, 15) is 0 Å². The lowest BCUT2D eigenvalue weighted by Gasteiger charge is -2.41. The SMILES string of the molecule is C=CCOc1c([Si](C)(C)C2(C)C=C(C)C(C)=C2C)ccc2ccccc12. The van der Waals surface area contributed by atoms with Crippen molar-refractivity contribution in [2.24, 2.45) is 0 Å². The topological polar surface area (TPSA) is 9.23 Å². The lowest BCUT2D eigenvalue weighted by Crippen LogP contribution is -2.51. The summed E-state index contributed by atoms with van der Waals surface area (Å²) in [5.41, 5.74) is 4.37. The van der Waals surface area contributed by atoms with Crippen molar-refractivity contribution in [3.05, 3.63) is 71.8 Å². The van der Waals surface area contributed by atoms with E-state index < -0.39 is 8.07 Å². The first-order valence-electron chi connectivity index (χ1n) is 9.37. The molecular formula is C24H30OSi. The number of benzene rings is 2. The van der Waals surface area contributed by atoms with E-state index in [1.807, 2.05) is 6.08 Å². The van der Waals surface area contributed by atoms with E-state index in [0.29, 0.717) is 6.61 Å². The Balaban J connectivity index is 2.25. The maximum absolute atomic E-state index is 6.26. The van der Waals surface area contributed by atoms with Crippen molar-refractivity contribution in [3.8, 4) is 5.75 Å². The molecule has 0 amide bonds. The van der Waals surface area contributed by atoms with Gasteiger partial charge in [0.15, 0.2) is 0 Å². The number of hydrogen-bond acceptors (Lipinski definition) is 1. The van der Waals surface area contributed by atoms with Gasteiger partial charge in [0.1, 0.15) is 12.4 Å². The van der Waals surface area contributed by atoms with E-state index in [0.717, 1.165) is 5.75 Å². The molecule has 0 spiro atoms. The first-order valence-corrected chi connectivity index (χ1v) is 12.4. The van der Waals surface area contributed by atoms with E-state index in [4.69, 9.17) is 4.74 Å². The predicted molar refractivity (Wildman–Crippen MR) is 117 cm³/mol. The predicted octanol–water partition coefficient (Wildman–Crippen LogP) is 6.38. The fraction of sp³-hybridized carbons (Fsp3) is 0.333. The highest BCUT2D eigenvalue weighted by Crippen LogP contribution is 2.53. The van der Waals surface area contributed by atoms with Gasteiger partial charge in [0.2, 0.25) is 0 Å². The van der Waals surface area contributed by atoms with Crippen LogP contribution in [0.4, 0.5) is 0 Å². The quantitative estimate of drug-likeness (QED) is 0.443. The maximum atomic E-state index is 6.26. The first kappa shape index (κ1) is 18.7. The third-order valence-corrected chi connectivity index (χ3v) is 11.5. The highest BCUT2D eigenvalue weighted by molar-refractivity contribution is 6.94. The summed E-state index contributed by atoms with van der Waals surface area (Å²) in [6, 6.07) is 13.1. The highest BCUT2D eigenvalue weighted by Gasteiger charge is 2.48. The number of rotatable bonds is 5. The second kappa shape index (κ2) is 6.59.